The van der Waals surface area contributed by atoms with Crippen LogP contribution in [0.25, 0.3) is 0 Å². The molecule has 1 fully saturated rings. The van der Waals surface area contributed by atoms with Gasteiger partial charge in [0.15, 0.2) is 0 Å². The van der Waals surface area contributed by atoms with Gasteiger partial charge >= 0.3 is 0 Å². The van der Waals surface area contributed by atoms with E-state index < -0.39 is 5.82 Å². The molecule has 1 saturated heterocycles. The maximum atomic E-state index is 13.7. The molecule has 2 N–H and O–H groups in total. The Hall–Kier alpha value is -1.13. The van der Waals surface area contributed by atoms with E-state index in [-0.39, 0.29) is 28.1 Å². The predicted molar refractivity (Wildman–Crippen MR) is 74.8 cm³/mol. The first-order chi connectivity index (χ1) is 8.92. The van der Waals surface area contributed by atoms with Crippen molar-refractivity contribution in [2.24, 2.45) is 5.41 Å². The summed E-state index contributed by atoms with van der Waals surface area (Å²) in [5.74, 6) is -0.758. The number of rotatable bonds is 2. The second-order valence-electron chi connectivity index (χ2n) is 5.57. The molecule has 0 radical (unpaired) electrons. The Kier molecular flexibility index (Phi) is 4.11. The largest absolute Gasteiger partial charge is 0.321 e. The number of hydrogen-bond donors (Lipinski definition) is 2. The molecule has 2 rings (SSSR count). The number of benzene rings is 1. The molecule has 3 nitrogen and oxygen atoms in total. The molecule has 0 saturated carbocycles. The average molecular weight is 285 g/mol. The minimum Gasteiger partial charge on any atom is -0.321 e. The lowest BCUT2D eigenvalue weighted by Crippen LogP contribution is -2.53. The van der Waals surface area contributed by atoms with Crippen LogP contribution in [0.4, 0.5) is 10.1 Å². The molecular weight excluding hydrogens is 267 g/mol. The van der Waals surface area contributed by atoms with Crippen LogP contribution in [-0.2, 0) is 4.79 Å². The zero-order valence-corrected chi connectivity index (χ0v) is 11.9. The summed E-state index contributed by atoms with van der Waals surface area (Å²) in [5, 5.41) is 6.00. The maximum absolute atomic E-state index is 13.7. The van der Waals surface area contributed by atoms with Crippen molar-refractivity contribution >= 4 is 23.2 Å². The summed E-state index contributed by atoms with van der Waals surface area (Å²) in [6.07, 6.45) is 2.00. The van der Waals surface area contributed by atoms with Gasteiger partial charge in [-0.15, -0.1) is 0 Å². The predicted octanol–water partition coefficient (Wildman–Crippen LogP) is 3.20. The molecule has 1 aromatic rings. The van der Waals surface area contributed by atoms with Crippen molar-refractivity contribution in [3.63, 3.8) is 0 Å². The molecule has 1 aliphatic rings. The number of carbonyl (C=O) groups excluding carboxylic acids is 1. The molecule has 1 unspecified atom stereocenters. The van der Waals surface area contributed by atoms with Gasteiger partial charge in [0, 0.05) is 0 Å². The van der Waals surface area contributed by atoms with Gasteiger partial charge < -0.3 is 10.6 Å². The summed E-state index contributed by atoms with van der Waals surface area (Å²) in [5.41, 5.74) is -0.0996. The monoisotopic (exact) mass is 284 g/mol. The third-order valence-corrected chi connectivity index (χ3v) is 3.92. The minimum atomic E-state index is -0.519. The second-order valence-corrected chi connectivity index (χ2v) is 5.97. The zero-order valence-electron chi connectivity index (χ0n) is 11.1. The lowest BCUT2D eigenvalue weighted by molar-refractivity contribution is -0.121. The number of hydrogen-bond acceptors (Lipinski definition) is 2. The summed E-state index contributed by atoms with van der Waals surface area (Å²) in [4.78, 5) is 12.3. The number of carbonyl (C=O) groups is 1. The van der Waals surface area contributed by atoms with Crippen molar-refractivity contribution in [1.29, 1.82) is 0 Å². The standard InChI is InChI=1S/C14H18ClFN2O/c1-14(2)7-4-8-17-12(14)13(19)18-11-9(15)5-3-6-10(11)16/h3,5-6,12,17H,4,7-8H2,1-2H3,(H,18,19). The van der Waals surface area contributed by atoms with Crippen LogP contribution < -0.4 is 10.6 Å². The molecule has 5 heteroatoms. The van der Waals surface area contributed by atoms with Gasteiger partial charge in [0.25, 0.3) is 0 Å². The average Bonchev–Trinajstić information content (AvgIpc) is 2.33. The van der Waals surface area contributed by atoms with Crippen molar-refractivity contribution in [3.8, 4) is 0 Å². The van der Waals surface area contributed by atoms with Crippen molar-refractivity contribution in [3.05, 3.63) is 29.0 Å². The molecule has 0 aromatic heterocycles. The fourth-order valence-electron chi connectivity index (χ4n) is 2.47. The summed E-state index contributed by atoms with van der Waals surface area (Å²) < 4.78 is 13.7. The highest BCUT2D eigenvalue weighted by Crippen LogP contribution is 2.32. The SMILES string of the molecule is CC1(C)CCCNC1C(=O)Nc1c(F)cccc1Cl. The van der Waals surface area contributed by atoms with Crippen molar-refractivity contribution in [1.82, 2.24) is 5.32 Å². The lowest BCUT2D eigenvalue weighted by atomic mass is 9.77. The Morgan fingerprint density at radius 2 is 2.26 bits per heavy atom. The van der Waals surface area contributed by atoms with E-state index in [1.807, 2.05) is 13.8 Å². The summed E-state index contributed by atoms with van der Waals surface area (Å²) in [6.45, 7) is 4.87. The number of amides is 1. The van der Waals surface area contributed by atoms with Crippen LogP contribution in [0.1, 0.15) is 26.7 Å². The quantitative estimate of drug-likeness (QED) is 0.876. The molecule has 0 aliphatic carbocycles. The Balaban J connectivity index is 2.17. The first kappa shape index (κ1) is 14.3. The Labute approximate surface area is 117 Å². The number of para-hydroxylation sites is 1. The van der Waals surface area contributed by atoms with Gasteiger partial charge in [-0.2, -0.15) is 0 Å². The summed E-state index contributed by atoms with van der Waals surface area (Å²) >= 11 is 5.91. The van der Waals surface area contributed by atoms with Crippen LogP contribution in [0.2, 0.25) is 5.02 Å². The van der Waals surface area contributed by atoms with E-state index >= 15 is 0 Å². The minimum absolute atomic E-state index is 0.0531. The highest BCUT2D eigenvalue weighted by molar-refractivity contribution is 6.33. The van der Waals surface area contributed by atoms with E-state index in [0.29, 0.717) is 0 Å². The number of piperidine rings is 1. The molecule has 1 aliphatic heterocycles. The van der Waals surface area contributed by atoms with Gasteiger partial charge in [0.1, 0.15) is 5.82 Å². The van der Waals surface area contributed by atoms with E-state index in [9.17, 15) is 9.18 Å². The molecule has 19 heavy (non-hydrogen) atoms. The van der Waals surface area contributed by atoms with E-state index in [1.165, 1.54) is 12.1 Å². The van der Waals surface area contributed by atoms with E-state index in [1.54, 1.807) is 6.07 Å². The van der Waals surface area contributed by atoms with E-state index in [0.717, 1.165) is 19.4 Å². The topological polar surface area (TPSA) is 41.1 Å². The smallest absolute Gasteiger partial charge is 0.242 e. The van der Waals surface area contributed by atoms with E-state index in [2.05, 4.69) is 10.6 Å². The Morgan fingerprint density at radius 1 is 1.53 bits per heavy atom. The molecule has 104 valence electrons. The van der Waals surface area contributed by atoms with Crippen LogP contribution >= 0.6 is 11.6 Å². The molecule has 1 heterocycles. The summed E-state index contributed by atoms with van der Waals surface area (Å²) in [7, 11) is 0. The first-order valence-electron chi connectivity index (χ1n) is 6.40. The van der Waals surface area contributed by atoms with Crippen molar-refractivity contribution in [2.45, 2.75) is 32.7 Å². The Morgan fingerprint density at radius 3 is 2.89 bits per heavy atom. The number of halogens is 2. The van der Waals surface area contributed by atoms with E-state index in [4.69, 9.17) is 11.6 Å². The summed E-state index contributed by atoms with van der Waals surface area (Å²) in [6, 6.07) is 4.01. The number of nitrogens with one attached hydrogen (secondary N) is 2. The third kappa shape index (κ3) is 3.07. The molecule has 0 bridgehead atoms. The molecule has 1 atom stereocenters. The van der Waals surface area contributed by atoms with Crippen LogP contribution in [0.5, 0.6) is 0 Å². The third-order valence-electron chi connectivity index (χ3n) is 3.60. The van der Waals surface area contributed by atoms with Crippen molar-refractivity contribution < 1.29 is 9.18 Å². The molecule has 1 amide bonds. The second kappa shape index (κ2) is 5.47. The van der Waals surface area contributed by atoms with Gasteiger partial charge in [0.05, 0.1) is 16.8 Å². The molecule has 1 aromatic carbocycles. The molecular formula is C14H18ClFN2O. The number of anilines is 1. The van der Waals surface area contributed by atoms with Gasteiger partial charge in [-0.25, -0.2) is 4.39 Å². The van der Waals surface area contributed by atoms with Crippen LogP contribution in [0, 0.1) is 11.2 Å². The Bertz CT molecular complexity index is 470. The maximum Gasteiger partial charge on any atom is 0.242 e. The fourth-order valence-corrected chi connectivity index (χ4v) is 2.68. The zero-order chi connectivity index (χ0) is 14.0. The lowest BCUT2D eigenvalue weighted by Gasteiger charge is -2.38. The molecule has 0 spiro atoms. The van der Waals surface area contributed by atoms with Gasteiger partial charge in [0.2, 0.25) is 5.91 Å². The van der Waals surface area contributed by atoms with Gasteiger partial charge in [-0.1, -0.05) is 31.5 Å². The van der Waals surface area contributed by atoms with Crippen LogP contribution in [0.15, 0.2) is 18.2 Å². The fraction of sp³-hybridized carbons (Fsp3) is 0.500. The van der Waals surface area contributed by atoms with Crippen LogP contribution in [0.3, 0.4) is 0 Å². The van der Waals surface area contributed by atoms with Crippen LogP contribution in [-0.4, -0.2) is 18.5 Å². The first-order valence-corrected chi connectivity index (χ1v) is 6.78. The van der Waals surface area contributed by atoms with Crippen molar-refractivity contribution in [2.75, 3.05) is 11.9 Å². The normalized spacial score (nSPS) is 22.0. The highest BCUT2D eigenvalue weighted by Gasteiger charge is 2.37. The highest BCUT2D eigenvalue weighted by atomic mass is 35.5. The van der Waals surface area contributed by atoms with Gasteiger partial charge in [-0.05, 0) is 36.9 Å². The van der Waals surface area contributed by atoms with Gasteiger partial charge in [-0.3, -0.25) is 4.79 Å².